The number of hydrogen-bond donors (Lipinski definition) is 0. The van der Waals surface area contributed by atoms with Crippen molar-refractivity contribution in [1.82, 2.24) is 0 Å². The molecule has 12 heavy (non-hydrogen) atoms. The van der Waals surface area contributed by atoms with Gasteiger partial charge in [0, 0.05) is 5.92 Å². The van der Waals surface area contributed by atoms with Crippen molar-refractivity contribution in [2.75, 3.05) is 27.2 Å². The van der Waals surface area contributed by atoms with Crippen molar-refractivity contribution in [3.63, 3.8) is 0 Å². The minimum absolute atomic E-state index is 0.0150. The van der Waals surface area contributed by atoms with Gasteiger partial charge in [0.25, 0.3) is 0 Å². The Morgan fingerprint density at radius 1 is 1.17 bits per heavy atom. The molecular weight excluding hydrogens is 167 g/mol. The van der Waals surface area contributed by atoms with Crippen LogP contribution in [0.3, 0.4) is 0 Å². The van der Waals surface area contributed by atoms with Crippen LogP contribution in [0.25, 0.3) is 0 Å². The molecule has 0 saturated carbocycles. The summed E-state index contributed by atoms with van der Waals surface area (Å²) in [6.45, 7) is 3.66. The number of halogens is 3. The molecule has 0 aromatic rings. The van der Waals surface area contributed by atoms with Gasteiger partial charge in [0.2, 0.25) is 0 Å². The zero-order valence-electron chi connectivity index (χ0n) is 8.07. The summed E-state index contributed by atoms with van der Waals surface area (Å²) in [6, 6.07) is 0. The first-order chi connectivity index (χ1) is 5.12. The van der Waals surface area contributed by atoms with Crippen molar-refractivity contribution in [3.05, 3.63) is 0 Å². The van der Waals surface area contributed by atoms with E-state index in [9.17, 15) is 13.2 Å². The van der Waals surface area contributed by atoms with Crippen LogP contribution in [0.4, 0.5) is 13.2 Å². The van der Waals surface area contributed by atoms with E-state index in [-0.39, 0.29) is 4.48 Å². The fourth-order valence-electron chi connectivity index (χ4n) is 1.54. The standard InChI is InChI=1S/C8H17F3N/c1-7(2)5-12(3,4)6-8(9,10)11/h7H,5-6H2,1-4H3/q+1. The van der Waals surface area contributed by atoms with Crippen molar-refractivity contribution in [3.8, 4) is 0 Å². The molecule has 0 fully saturated rings. The third-order valence-corrected chi connectivity index (χ3v) is 1.47. The number of alkyl halides is 3. The molecule has 0 aromatic carbocycles. The highest BCUT2D eigenvalue weighted by atomic mass is 19.4. The molecule has 0 atom stereocenters. The SMILES string of the molecule is CC(C)C[N+](C)(C)CC(F)(F)F. The molecule has 0 bridgehead atoms. The van der Waals surface area contributed by atoms with Crippen LogP contribution in [-0.2, 0) is 0 Å². The van der Waals surface area contributed by atoms with Gasteiger partial charge < -0.3 is 4.48 Å². The molecule has 0 spiro atoms. The first-order valence-corrected chi connectivity index (χ1v) is 4.01. The topological polar surface area (TPSA) is 0 Å². The van der Waals surface area contributed by atoms with E-state index in [1.165, 1.54) is 0 Å². The predicted octanol–water partition coefficient (Wildman–Crippen LogP) is 2.28. The molecular formula is C8H17F3N+. The van der Waals surface area contributed by atoms with E-state index in [2.05, 4.69) is 0 Å². The van der Waals surface area contributed by atoms with Gasteiger partial charge in [-0.2, -0.15) is 13.2 Å². The van der Waals surface area contributed by atoms with E-state index in [0.717, 1.165) is 0 Å². The molecule has 0 radical (unpaired) electrons. The predicted molar refractivity (Wildman–Crippen MR) is 42.7 cm³/mol. The Labute approximate surface area is 71.8 Å². The van der Waals surface area contributed by atoms with Crippen molar-refractivity contribution in [1.29, 1.82) is 0 Å². The van der Waals surface area contributed by atoms with Crippen molar-refractivity contribution in [2.24, 2.45) is 5.92 Å². The number of quaternary nitrogens is 1. The van der Waals surface area contributed by atoms with Gasteiger partial charge in [-0.15, -0.1) is 0 Å². The van der Waals surface area contributed by atoms with Gasteiger partial charge in [0.15, 0.2) is 6.54 Å². The Morgan fingerprint density at radius 3 is 1.83 bits per heavy atom. The van der Waals surface area contributed by atoms with Gasteiger partial charge in [-0.05, 0) is 0 Å². The normalized spacial score (nSPS) is 14.0. The zero-order chi connectivity index (χ0) is 9.99. The lowest BCUT2D eigenvalue weighted by atomic mass is 10.2. The van der Waals surface area contributed by atoms with Crippen molar-refractivity contribution in [2.45, 2.75) is 20.0 Å². The zero-order valence-corrected chi connectivity index (χ0v) is 8.07. The molecule has 1 nitrogen and oxygen atoms in total. The Kier molecular flexibility index (Phi) is 3.57. The second kappa shape index (κ2) is 3.64. The molecule has 4 heteroatoms. The van der Waals surface area contributed by atoms with E-state index in [0.29, 0.717) is 12.5 Å². The van der Waals surface area contributed by atoms with E-state index in [4.69, 9.17) is 0 Å². The maximum Gasteiger partial charge on any atom is 0.438 e. The Balaban J connectivity index is 4.04. The van der Waals surface area contributed by atoms with E-state index in [1.807, 2.05) is 13.8 Å². The molecule has 0 amide bonds. The van der Waals surface area contributed by atoms with Crippen molar-refractivity contribution < 1.29 is 17.7 Å². The van der Waals surface area contributed by atoms with Crippen LogP contribution >= 0.6 is 0 Å². The quantitative estimate of drug-likeness (QED) is 0.590. The summed E-state index contributed by atoms with van der Waals surface area (Å²) in [7, 11) is 3.21. The van der Waals surface area contributed by atoms with Crippen LogP contribution in [0.5, 0.6) is 0 Å². The third kappa shape index (κ3) is 6.46. The summed E-state index contributed by atoms with van der Waals surface area (Å²) in [6.07, 6.45) is -4.06. The van der Waals surface area contributed by atoms with Crippen LogP contribution in [0, 0.1) is 5.92 Å². The first kappa shape index (κ1) is 11.8. The molecule has 0 aliphatic rings. The number of rotatable bonds is 3. The van der Waals surface area contributed by atoms with Crippen LogP contribution in [-0.4, -0.2) is 37.8 Å². The van der Waals surface area contributed by atoms with Crippen LogP contribution in [0.2, 0.25) is 0 Å². The Hall–Kier alpha value is -0.250. The smallest absolute Gasteiger partial charge is 0.321 e. The fraction of sp³-hybridized carbons (Fsp3) is 1.00. The summed E-state index contributed by atoms with van der Waals surface area (Å²) in [5.41, 5.74) is 0. The molecule has 74 valence electrons. The van der Waals surface area contributed by atoms with E-state index < -0.39 is 12.7 Å². The molecule has 0 aliphatic heterocycles. The third-order valence-electron chi connectivity index (χ3n) is 1.47. The Bertz CT molecular complexity index is 138. The largest absolute Gasteiger partial charge is 0.438 e. The summed E-state index contributed by atoms with van der Waals surface area (Å²) >= 11 is 0. The summed E-state index contributed by atoms with van der Waals surface area (Å²) < 4.78 is 36.0. The monoisotopic (exact) mass is 184 g/mol. The van der Waals surface area contributed by atoms with Gasteiger partial charge in [-0.3, -0.25) is 0 Å². The maximum atomic E-state index is 12.0. The van der Waals surface area contributed by atoms with Crippen molar-refractivity contribution >= 4 is 0 Å². The van der Waals surface area contributed by atoms with Gasteiger partial charge in [-0.25, -0.2) is 0 Å². The summed E-state index contributed by atoms with van der Waals surface area (Å²) in [5.74, 6) is 0.294. The van der Waals surface area contributed by atoms with Gasteiger partial charge in [0.1, 0.15) is 0 Å². The average molecular weight is 184 g/mol. The lowest BCUT2D eigenvalue weighted by Gasteiger charge is -2.31. The molecule has 0 unspecified atom stereocenters. The van der Waals surface area contributed by atoms with Crippen LogP contribution < -0.4 is 0 Å². The maximum absolute atomic E-state index is 12.0. The van der Waals surface area contributed by atoms with Crippen LogP contribution in [0.15, 0.2) is 0 Å². The van der Waals surface area contributed by atoms with Gasteiger partial charge in [0.05, 0.1) is 20.6 Å². The number of hydrogen-bond acceptors (Lipinski definition) is 0. The minimum atomic E-state index is -4.06. The van der Waals surface area contributed by atoms with E-state index >= 15 is 0 Å². The lowest BCUT2D eigenvalue weighted by Crippen LogP contribution is -2.48. The summed E-state index contributed by atoms with van der Waals surface area (Å²) in [5, 5.41) is 0. The molecule has 0 aliphatic carbocycles. The highest BCUT2D eigenvalue weighted by molar-refractivity contribution is 4.49. The minimum Gasteiger partial charge on any atom is -0.321 e. The van der Waals surface area contributed by atoms with Crippen LogP contribution in [0.1, 0.15) is 13.8 Å². The highest BCUT2D eigenvalue weighted by Crippen LogP contribution is 2.19. The lowest BCUT2D eigenvalue weighted by molar-refractivity contribution is -0.903. The molecule has 0 saturated heterocycles. The van der Waals surface area contributed by atoms with Gasteiger partial charge >= 0.3 is 6.18 Å². The molecule has 0 heterocycles. The summed E-state index contributed by atoms with van der Waals surface area (Å²) in [4.78, 5) is 0. The molecule has 0 aromatic heterocycles. The second-order valence-corrected chi connectivity index (χ2v) is 4.29. The highest BCUT2D eigenvalue weighted by Gasteiger charge is 2.37. The average Bonchev–Trinajstić information content (AvgIpc) is 1.48. The molecule has 0 N–H and O–H groups in total. The van der Waals surface area contributed by atoms with E-state index in [1.54, 1.807) is 14.1 Å². The van der Waals surface area contributed by atoms with Gasteiger partial charge in [-0.1, -0.05) is 13.8 Å². The first-order valence-electron chi connectivity index (χ1n) is 4.01. The fourth-order valence-corrected chi connectivity index (χ4v) is 1.54. The number of nitrogens with zero attached hydrogens (tertiary/aromatic N) is 1. The Morgan fingerprint density at radius 2 is 1.58 bits per heavy atom. The molecule has 0 rings (SSSR count). The second-order valence-electron chi connectivity index (χ2n) is 4.29.